The number of aromatic nitrogens is 2. The number of anilines is 2. The maximum atomic E-state index is 12.4. The fraction of sp³-hybridized carbons (Fsp3) is 0.167. The number of nitrogens with zero attached hydrogens (tertiary/aromatic N) is 1. The molecular weight excluding hydrogens is 372 g/mol. The van der Waals surface area contributed by atoms with E-state index in [1.165, 1.54) is 18.7 Å². The zero-order chi connectivity index (χ0) is 18.7. The molecule has 1 heterocycles. The van der Waals surface area contributed by atoms with Crippen LogP contribution in [0, 0.1) is 0 Å². The number of fused-ring (bicyclic) bond motifs is 1. The standard InChI is InChI=1S/C18H17ClN4O2S/c1-10(26-18-22-15-8-3-12(19)9-16(15)23-18)17(25)21-14-6-4-13(5-7-14)20-11(2)24/h3-10H,1-2H3,(H,20,24)(H,21,25)(H,22,23)/t10-/m1/s1. The number of H-pyrrole nitrogens is 1. The molecule has 1 aromatic heterocycles. The Morgan fingerprint density at radius 2 is 1.77 bits per heavy atom. The first-order valence-corrected chi connectivity index (χ1v) is 9.17. The van der Waals surface area contributed by atoms with Crippen LogP contribution in [0.1, 0.15) is 13.8 Å². The van der Waals surface area contributed by atoms with E-state index in [1.54, 1.807) is 36.4 Å². The van der Waals surface area contributed by atoms with Crippen LogP contribution in [0.15, 0.2) is 47.6 Å². The van der Waals surface area contributed by atoms with Crippen LogP contribution in [0.3, 0.4) is 0 Å². The van der Waals surface area contributed by atoms with Crippen LogP contribution in [0.4, 0.5) is 11.4 Å². The first-order valence-electron chi connectivity index (χ1n) is 7.91. The van der Waals surface area contributed by atoms with E-state index in [1.807, 2.05) is 13.0 Å². The van der Waals surface area contributed by atoms with Crippen molar-refractivity contribution >= 4 is 57.6 Å². The number of hydrogen-bond acceptors (Lipinski definition) is 4. The minimum Gasteiger partial charge on any atom is -0.333 e. The number of aromatic amines is 1. The average Bonchev–Trinajstić information content (AvgIpc) is 2.97. The Hall–Kier alpha value is -2.51. The Morgan fingerprint density at radius 3 is 2.42 bits per heavy atom. The van der Waals surface area contributed by atoms with E-state index in [0.717, 1.165) is 11.0 Å². The second-order valence-electron chi connectivity index (χ2n) is 5.71. The Morgan fingerprint density at radius 1 is 1.12 bits per heavy atom. The zero-order valence-corrected chi connectivity index (χ0v) is 15.7. The molecule has 0 saturated heterocycles. The smallest absolute Gasteiger partial charge is 0.237 e. The van der Waals surface area contributed by atoms with Crippen molar-refractivity contribution in [3.8, 4) is 0 Å². The van der Waals surface area contributed by atoms with Gasteiger partial charge in [0.2, 0.25) is 11.8 Å². The van der Waals surface area contributed by atoms with Crippen LogP contribution in [-0.4, -0.2) is 27.0 Å². The minimum atomic E-state index is -0.346. The van der Waals surface area contributed by atoms with Gasteiger partial charge >= 0.3 is 0 Å². The molecule has 0 unspecified atom stereocenters. The van der Waals surface area contributed by atoms with Gasteiger partial charge in [-0.15, -0.1) is 0 Å². The zero-order valence-electron chi connectivity index (χ0n) is 14.2. The molecule has 0 aliphatic carbocycles. The van der Waals surface area contributed by atoms with Crippen LogP contribution >= 0.6 is 23.4 Å². The Balaban J connectivity index is 1.62. The van der Waals surface area contributed by atoms with E-state index in [-0.39, 0.29) is 17.1 Å². The van der Waals surface area contributed by atoms with Gasteiger partial charge < -0.3 is 15.6 Å². The Bertz CT molecular complexity index is 955. The highest BCUT2D eigenvalue weighted by atomic mass is 35.5. The molecule has 0 aliphatic rings. The quantitative estimate of drug-likeness (QED) is 0.569. The van der Waals surface area contributed by atoms with E-state index in [4.69, 9.17) is 11.6 Å². The third-order valence-corrected chi connectivity index (χ3v) is 4.77. The molecule has 1 atom stereocenters. The van der Waals surface area contributed by atoms with Crippen LogP contribution < -0.4 is 10.6 Å². The van der Waals surface area contributed by atoms with Gasteiger partial charge in [-0.1, -0.05) is 23.4 Å². The summed E-state index contributed by atoms with van der Waals surface area (Å²) in [6.07, 6.45) is 0. The van der Waals surface area contributed by atoms with Gasteiger partial charge in [0.05, 0.1) is 16.3 Å². The number of carbonyl (C=O) groups excluding carboxylic acids is 2. The van der Waals surface area contributed by atoms with Gasteiger partial charge in [0.1, 0.15) is 0 Å². The normalized spacial score (nSPS) is 12.0. The summed E-state index contributed by atoms with van der Waals surface area (Å²) < 4.78 is 0. The van der Waals surface area contributed by atoms with Crippen molar-refractivity contribution in [1.29, 1.82) is 0 Å². The third kappa shape index (κ3) is 4.56. The molecule has 0 spiro atoms. The van der Waals surface area contributed by atoms with Crippen molar-refractivity contribution in [1.82, 2.24) is 9.97 Å². The fourth-order valence-electron chi connectivity index (χ4n) is 2.32. The molecule has 0 fully saturated rings. The lowest BCUT2D eigenvalue weighted by molar-refractivity contribution is -0.115. The summed E-state index contributed by atoms with van der Waals surface area (Å²) in [7, 11) is 0. The van der Waals surface area contributed by atoms with Crippen LogP contribution in [0.25, 0.3) is 11.0 Å². The van der Waals surface area contributed by atoms with Gasteiger partial charge in [-0.05, 0) is 49.4 Å². The number of carbonyl (C=O) groups is 2. The summed E-state index contributed by atoms with van der Waals surface area (Å²) in [5.41, 5.74) is 2.98. The summed E-state index contributed by atoms with van der Waals surface area (Å²) in [4.78, 5) is 31.0. The van der Waals surface area contributed by atoms with Crippen LogP contribution in [0.2, 0.25) is 5.02 Å². The number of imidazole rings is 1. The summed E-state index contributed by atoms with van der Waals surface area (Å²) in [6, 6.07) is 12.4. The predicted molar refractivity (Wildman–Crippen MR) is 106 cm³/mol. The van der Waals surface area contributed by atoms with E-state index in [2.05, 4.69) is 20.6 Å². The van der Waals surface area contributed by atoms with Gasteiger partial charge in [0.15, 0.2) is 5.16 Å². The third-order valence-electron chi connectivity index (χ3n) is 3.55. The SMILES string of the molecule is CC(=O)Nc1ccc(NC(=O)[C@@H](C)Sc2nc3ccc(Cl)cc3[nH]2)cc1. The molecule has 26 heavy (non-hydrogen) atoms. The van der Waals surface area contributed by atoms with Gasteiger partial charge in [0.25, 0.3) is 0 Å². The monoisotopic (exact) mass is 388 g/mol. The van der Waals surface area contributed by atoms with E-state index >= 15 is 0 Å². The number of thioether (sulfide) groups is 1. The van der Waals surface area contributed by atoms with E-state index in [9.17, 15) is 9.59 Å². The highest BCUT2D eigenvalue weighted by molar-refractivity contribution is 8.00. The van der Waals surface area contributed by atoms with Crippen molar-refractivity contribution in [3.63, 3.8) is 0 Å². The van der Waals surface area contributed by atoms with Crippen molar-refractivity contribution in [3.05, 3.63) is 47.5 Å². The van der Waals surface area contributed by atoms with Crippen LogP contribution in [0.5, 0.6) is 0 Å². The van der Waals surface area contributed by atoms with E-state index < -0.39 is 0 Å². The largest absolute Gasteiger partial charge is 0.333 e. The number of rotatable bonds is 5. The van der Waals surface area contributed by atoms with Crippen LogP contribution in [-0.2, 0) is 9.59 Å². The molecule has 0 saturated carbocycles. The minimum absolute atomic E-state index is 0.138. The van der Waals surface area contributed by atoms with Crippen molar-refractivity contribution < 1.29 is 9.59 Å². The number of nitrogens with one attached hydrogen (secondary N) is 3. The molecule has 0 aliphatic heterocycles. The molecule has 3 N–H and O–H groups in total. The summed E-state index contributed by atoms with van der Waals surface area (Å²) in [5, 5.41) is 6.47. The Labute approximate surface area is 159 Å². The molecule has 134 valence electrons. The predicted octanol–water partition coefficient (Wildman–Crippen LogP) is 4.29. The average molecular weight is 389 g/mol. The second-order valence-corrected chi connectivity index (χ2v) is 7.48. The molecule has 2 aromatic carbocycles. The molecule has 3 aromatic rings. The van der Waals surface area contributed by atoms with Gasteiger partial charge in [-0.3, -0.25) is 9.59 Å². The lowest BCUT2D eigenvalue weighted by atomic mass is 10.2. The Kier molecular flexibility index (Phi) is 5.49. The molecular formula is C18H17ClN4O2S. The van der Waals surface area contributed by atoms with Gasteiger partial charge in [0, 0.05) is 23.3 Å². The topological polar surface area (TPSA) is 86.9 Å². The fourth-order valence-corrected chi connectivity index (χ4v) is 3.31. The highest BCUT2D eigenvalue weighted by Gasteiger charge is 2.17. The molecule has 3 rings (SSSR count). The second kappa shape index (κ2) is 7.80. The molecule has 8 heteroatoms. The summed E-state index contributed by atoms with van der Waals surface area (Å²) in [5.74, 6) is -0.278. The molecule has 2 amide bonds. The van der Waals surface area contributed by atoms with E-state index in [0.29, 0.717) is 21.6 Å². The number of halogens is 1. The summed E-state index contributed by atoms with van der Waals surface area (Å²) in [6.45, 7) is 3.26. The lowest BCUT2D eigenvalue weighted by Gasteiger charge is -2.11. The highest BCUT2D eigenvalue weighted by Crippen LogP contribution is 2.26. The molecule has 0 radical (unpaired) electrons. The number of hydrogen-bond donors (Lipinski definition) is 3. The lowest BCUT2D eigenvalue weighted by Crippen LogP contribution is -2.22. The van der Waals surface area contributed by atoms with Crippen molar-refractivity contribution in [2.24, 2.45) is 0 Å². The van der Waals surface area contributed by atoms with Gasteiger partial charge in [-0.25, -0.2) is 4.98 Å². The molecule has 0 bridgehead atoms. The maximum Gasteiger partial charge on any atom is 0.237 e. The van der Waals surface area contributed by atoms with Gasteiger partial charge in [-0.2, -0.15) is 0 Å². The number of benzene rings is 2. The first-order chi connectivity index (χ1) is 12.4. The van der Waals surface area contributed by atoms with Crippen molar-refractivity contribution in [2.75, 3.05) is 10.6 Å². The first kappa shape index (κ1) is 18.3. The number of amides is 2. The van der Waals surface area contributed by atoms with Crippen molar-refractivity contribution in [2.45, 2.75) is 24.3 Å². The molecule has 6 nitrogen and oxygen atoms in total. The maximum absolute atomic E-state index is 12.4. The summed E-state index contributed by atoms with van der Waals surface area (Å²) >= 11 is 7.31.